The molecule has 32 heavy (non-hydrogen) atoms. The minimum absolute atomic E-state index is 0.0278. The number of anilines is 1. The van der Waals surface area contributed by atoms with E-state index in [9.17, 15) is 14.7 Å². The van der Waals surface area contributed by atoms with Crippen LogP contribution in [0, 0.1) is 6.92 Å². The molecular formula is C23H18N4O4S. The Hall–Kier alpha value is -3.95. The van der Waals surface area contributed by atoms with Gasteiger partial charge in [0.15, 0.2) is 17.0 Å². The molecule has 0 spiro atoms. The maximum Gasteiger partial charge on any atom is 0.259 e. The Morgan fingerprint density at radius 2 is 1.91 bits per heavy atom. The highest BCUT2D eigenvalue weighted by Crippen LogP contribution is 2.40. The number of nitrogens with zero attached hydrogens (tertiary/aromatic N) is 3. The molecule has 4 rings (SSSR count). The summed E-state index contributed by atoms with van der Waals surface area (Å²) in [6, 6.07) is 15.4. The molecule has 0 aliphatic heterocycles. The molecule has 0 saturated heterocycles. The number of aryl methyl sites for hydroxylation is 1. The summed E-state index contributed by atoms with van der Waals surface area (Å²) in [5, 5.41) is 32.7. The summed E-state index contributed by atoms with van der Waals surface area (Å²) in [7, 11) is 0. The lowest BCUT2D eigenvalue weighted by molar-refractivity contribution is 0.102. The van der Waals surface area contributed by atoms with Gasteiger partial charge in [0.25, 0.3) is 5.91 Å². The zero-order valence-electron chi connectivity index (χ0n) is 16.9. The van der Waals surface area contributed by atoms with E-state index in [4.69, 9.17) is 5.11 Å². The van der Waals surface area contributed by atoms with Gasteiger partial charge in [0.05, 0.1) is 23.4 Å². The number of aliphatic hydroxyl groups is 1. The molecular weight excluding hydrogens is 428 g/mol. The summed E-state index contributed by atoms with van der Waals surface area (Å²) in [4.78, 5) is 24.2. The van der Waals surface area contributed by atoms with E-state index in [1.165, 1.54) is 0 Å². The smallest absolute Gasteiger partial charge is 0.259 e. The number of amides is 1. The third kappa shape index (κ3) is 4.11. The van der Waals surface area contributed by atoms with Crippen molar-refractivity contribution in [3.05, 3.63) is 77.0 Å². The molecule has 0 fully saturated rings. The lowest BCUT2D eigenvalue weighted by Gasteiger charge is -2.11. The fraction of sp³-hybridized carbons (Fsp3) is 0.0870. The van der Waals surface area contributed by atoms with Crippen molar-refractivity contribution >= 4 is 50.9 Å². The number of hydrogen-bond donors (Lipinski definition) is 3. The van der Waals surface area contributed by atoms with E-state index in [1.807, 2.05) is 6.07 Å². The van der Waals surface area contributed by atoms with Crippen LogP contribution in [0.5, 0.6) is 5.75 Å². The Balaban J connectivity index is 1.75. The molecule has 3 N–H and O–H groups in total. The predicted octanol–water partition coefficient (Wildman–Crippen LogP) is 5.28. The molecule has 1 aromatic heterocycles. The standard InChI is InChI=1S/C23H18N4O4S/c1-13-19(12-29)23(32-27-13)26-25-20-17-5-3-2-4-15(17)10-18(21(20)30)22(31)24-16-8-6-14(11-28)7-9-16/h2-10,12,28,30H,11H2,1H3,(H,24,31). The molecule has 0 aliphatic carbocycles. The number of carbonyl (C=O) groups is 2. The van der Waals surface area contributed by atoms with E-state index in [0.717, 1.165) is 11.5 Å². The molecule has 3 aromatic carbocycles. The lowest BCUT2D eigenvalue weighted by Crippen LogP contribution is -2.12. The van der Waals surface area contributed by atoms with Gasteiger partial charge in [-0.05, 0) is 47.6 Å². The molecule has 0 unspecified atom stereocenters. The number of azo groups is 1. The van der Waals surface area contributed by atoms with Crippen LogP contribution in [0.15, 0.2) is 64.8 Å². The van der Waals surface area contributed by atoms with Crippen LogP contribution < -0.4 is 5.32 Å². The van der Waals surface area contributed by atoms with Crippen molar-refractivity contribution in [1.82, 2.24) is 4.37 Å². The minimum atomic E-state index is -0.524. The topological polar surface area (TPSA) is 124 Å². The molecule has 160 valence electrons. The molecule has 4 aromatic rings. The molecule has 0 bridgehead atoms. The van der Waals surface area contributed by atoms with Crippen molar-refractivity contribution < 1.29 is 19.8 Å². The minimum Gasteiger partial charge on any atom is -0.505 e. The van der Waals surface area contributed by atoms with Crippen LogP contribution in [0.25, 0.3) is 10.8 Å². The molecule has 0 atom stereocenters. The molecule has 0 aliphatic rings. The van der Waals surface area contributed by atoms with Crippen LogP contribution in [0.2, 0.25) is 0 Å². The second-order valence-electron chi connectivity index (χ2n) is 6.96. The van der Waals surface area contributed by atoms with Gasteiger partial charge in [-0.25, -0.2) is 0 Å². The molecule has 1 amide bonds. The lowest BCUT2D eigenvalue weighted by atomic mass is 10.0. The number of phenolic OH excluding ortho intramolecular Hbond substituents is 1. The van der Waals surface area contributed by atoms with Gasteiger partial charge in [-0.1, -0.05) is 36.4 Å². The average Bonchev–Trinajstić information content (AvgIpc) is 3.17. The Bertz CT molecular complexity index is 1350. The van der Waals surface area contributed by atoms with Crippen LogP contribution in [0.4, 0.5) is 16.4 Å². The Morgan fingerprint density at radius 3 is 2.62 bits per heavy atom. The van der Waals surface area contributed by atoms with Crippen molar-refractivity contribution in [3.8, 4) is 5.75 Å². The van der Waals surface area contributed by atoms with Gasteiger partial charge in [0.1, 0.15) is 5.69 Å². The summed E-state index contributed by atoms with van der Waals surface area (Å²) in [5.74, 6) is -0.852. The molecule has 8 nitrogen and oxygen atoms in total. The predicted molar refractivity (Wildman–Crippen MR) is 122 cm³/mol. The summed E-state index contributed by atoms with van der Waals surface area (Å²) in [6.45, 7) is 1.60. The van der Waals surface area contributed by atoms with Crippen LogP contribution in [-0.4, -0.2) is 26.8 Å². The van der Waals surface area contributed by atoms with Crippen LogP contribution >= 0.6 is 11.5 Å². The summed E-state index contributed by atoms with van der Waals surface area (Å²) in [6.07, 6.45) is 0.664. The second kappa shape index (κ2) is 9.04. The third-order valence-corrected chi connectivity index (χ3v) is 5.72. The van der Waals surface area contributed by atoms with E-state index in [0.29, 0.717) is 44.6 Å². The van der Waals surface area contributed by atoms with Crippen LogP contribution in [-0.2, 0) is 6.61 Å². The number of rotatable bonds is 6. The first kappa shape index (κ1) is 21.3. The number of aromatic nitrogens is 1. The van der Waals surface area contributed by atoms with E-state index in [-0.39, 0.29) is 23.6 Å². The van der Waals surface area contributed by atoms with Gasteiger partial charge in [0, 0.05) is 11.1 Å². The quantitative estimate of drug-likeness (QED) is 0.274. The van der Waals surface area contributed by atoms with Gasteiger partial charge >= 0.3 is 0 Å². The number of nitrogens with one attached hydrogen (secondary N) is 1. The third-order valence-electron chi connectivity index (χ3n) is 4.88. The number of aliphatic hydroxyl groups excluding tert-OH is 1. The highest BCUT2D eigenvalue weighted by Gasteiger charge is 2.19. The SMILES string of the molecule is Cc1nsc(N=Nc2c(O)c(C(=O)Nc3ccc(CO)cc3)cc3ccccc23)c1C=O. The maximum absolute atomic E-state index is 12.9. The van der Waals surface area contributed by atoms with E-state index >= 15 is 0 Å². The number of fused-ring (bicyclic) bond motifs is 1. The fourth-order valence-electron chi connectivity index (χ4n) is 3.15. The van der Waals surface area contributed by atoms with Crippen molar-refractivity contribution in [2.24, 2.45) is 10.2 Å². The number of benzene rings is 3. The van der Waals surface area contributed by atoms with Gasteiger partial charge in [-0.2, -0.15) is 4.37 Å². The Labute approximate surface area is 187 Å². The number of aromatic hydroxyl groups is 1. The van der Waals surface area contributed by atoms with E-state index in [1.54, 1.807) is 55.5 Å². The van der Waals surface area contributed by atoms with Crippen molar-refractivity contribution in [3.63, 3.8) is 0 Å². The Kier molecular flexibility index (Phi) is 6.02. The van der Waals surface area contributed by atoms with Crippen LogP contribution in [0.3, 0.4) is 0 Å². The van der Waals surface area contributed by atoms with Crippen molar-refractivity contribution in [2.45, 2.75) is 13.5 Å². The summed E-state index contributed by atoms with van der Waals surface area (Å²) >= 11 is 1.03. The first-order valence-electron chi connectivity index (χ1n) is 9.61. The first-order chi connectivity index (χ1) is 15.5. The fourth-order valence-corrected chi connectivity index (χ4v) is 3.85. The zero-order valence-corrected chi connectivity index (χ0v) is 17.8. The summed E-state index contributed by atoms with van der Waals surface area (Å²) < 4.78 is 4.10. The number of carbonyl (C=O) groups excluding carboxylic acids is 2. The molecule has 9 heteroatoms. The largest absolute Gasteiger partial charge is 0.505 e. The van der Waals surface area contributed by atoms with Gasteiger partial charge < -0.3 is 15.5 Å². The van der Waals surface area contributed by atoms with E-state index in [2.05, 4.69) is 19.9 Å². The summed E-state index contributed by atoms with van der Waals surface area (Å²) in [5.41, 5.74) is 2.26. The van der Waals surface area contributed by atoms with Gasteiger partial charge in [-0.3, -0.25) is 9.59 Å². The average molecular weight is 446 g/mol. The van der Waals surface area contributed by atoms with Gasteiger partial charge in [-0.15, -0.1) is 10.2 Å². The molecule has 1 heterocycles. The first-order valence-corrected chi connectivity index (χ1v) is 10.4. The van der Waals surface area contributed by atoms with E-state index < -0.39 is 5.91 Å². The van der Waals surface area contributed by atoms with Crippen LogP contribution in [0.1, 0.15) is 32.0 Å². The van der Waals surface area contributed by atoms with Gasteiger partial charge in [0.2, 0.25) is 0 Å². The highest BCUT2D eigenvalue weighted by atomic mass is 32.1. The second-order valence-corrected chi connectivity index (χ2v) is 7.71. The molecule has 0 radical (unpaired) electrons. The Morgan fingerprint density at radius 1 is 1.16 bits per heavy atom. The monoisotopic (exact) mass is 446 g/mol. The zero-order chi connectivity index (χ0) is 22.7. The maximum atomic E-state index is 12.9. The molecule has 0 saturated carbocycles. The highest BCUT2D eigenvalue weighted by molar-refractivity contribution is 7.10. The number of aldehydes is 1. The van der Waals surface area contributed by atoms with Crippen molar-refractivity contribution in [2.75, 3.05) is 5.32 Å². The number of phenols is 1. The number of hydrogen-bond acceptors (Lipinski definition) is 8. The van der Waals surface area contributed by atoms with Crippen molar-refractivity contribution in [1.29, 1.82) is 0 Å². The normalized spacial score (nSPS) is 11.2.